The van der Waals surface area contributed by atoms with E-state index in [0.29, 0.717) is 19.4 Å². The molecule has 0 heterocycles. The van der Waals surface area contributed by atoms with E-state index in [4.69, 9.17) is 4.74 Å². The number of carbonyl (C=O) groups is 2. The van der Waals surface area contributed by atoms with Crippen molar-refractivity contribution in [2.24, 2.45) is 0 Å². The summed E-state index contributed by atoms with van der Waals surface area (Å²) in [5.74, 6) is -0.0531. The quantitative estimate of drug-likeness (QED) is 0.0320. The van der Waals surface area contributed by atoms with Gasteiger partial charge in [0.2, 0.25) is 5.91 Å². The molecule has 0 saturated heterocycles. The molecule has 0 radical (unpaired) electrons. The van der Waals surface area contributed by atoms with E-state index < -0.39 is 12.1 Å². The number of unbranched alkanes of at least 4 members (excludes halogenated alkanes) is 59. The van der Waals surface area contributed by atoms with Crippen molar-refractivity contribution in [2.75, 3.05) is 13.2 Å². The highest BCUT2D eigenvalue weighted by molar-refractivity contribution is 5.76. The monoisotopic (exact) mass is 1210 g/mol. The van der Waals surface area contributed by atoms with Crippen molar-refractivity contribution in [2.45, 2.75) is 450 Å². The predicted octanol–water partition coefficient (Wildman–Crippen LogP) is 25.8. The number of hydrogen-bond acceptors (Lipinski definition) is 5. The summed E-state index contributed by atoms with van der Waals surface area (Å²) >= 11 is 0. The summed E-state index contributed by atoms with van der Waals surface area (Å²) in [6, 6.07) is -0.626. The van der Waals surface area contributed by atoms with Gasteiger partial charge in [0.05, 0.1) is 25.4 Å². The first-order valence-electron chi connectivity index (χ1n) is 39.3. The number of amides is 1. The summed E-state index contributed by atoms with van der Waals surface area (Å²) in [6.45, 7) is 4.88. The highest BCUT2D eigenvalue weighted by atomic mass is 16.5. The van der Waals surface area contributed by atoms with E-state index >= 15 is 0 Å². The SMILES string of the molecule is CCC/C=C\C/C=C\CCCCCCCC(=O)OCCCCCCCCCCCCCCCCCCCCCCCCCCCCCCCCCC(=O)NC(CO)C(O)/C=C/CCCCCCCCCCCCCCCCCCCCCCCCC. The van der Waals surface area contributed by atoms with Gasteiger partial charge >= 0.3 is 5.97 Å². The molecule has 0 aliphatic carbocycles. The second-order valence-corrected chi connectivity index (χ2v) is 27.0. The minimum Gasteiger partial charge on any atom is -0.466 e. The second-order valence-electron chi connectivity index (χ2n) is 27.0. The molecule has 2 atom stereocenters. The van der Waals surface area contributed by atoms with Crippen LogP contribution in [0.25, 0.3) is 0 Å². The van der Waals surface area contributed by atoms with Crippen LogP contribution in [0.3, 0.4) is 0 Å². The zero-order valence-corrected chi connectivity index (χ0v) is 58.3. The summed E-state index contributed by atoms with van der Waals surface area (Å²) in [4.78, 5) is 24.6. The average molecular weight is 1210 g/mol. The van der Waals surface area contributed by atoms with Gasteiger partial charge in [-0.1, -0.05) is 403 Å². The fraction of sp³-hybridized carbons (Fsp3) is 0.900. The molecular formula is C80H153NO5. The van der Waals surface area contributed by atoms with Crippen LogP contribution in [0.15, 0.2) is 36.5 Å². The molecule has 0 aliphatic heterocycles. The molecule has 508 valence electrons. The Balaban J connectivity index is 3.36. The molecule has 0 spiro atoms. The van der Waals surface area contributed by atoms with E-state index in [9.17, 15) is 19.8 Å². The van der Waals surface area contributed by atoms with E-state index in [0.717, 1.165) is 51.4 Å². The van der Waals surface area contributed by atoms with Crippen molar-refractivity contribution in [3.63, 3.8) is 0 Å². The maximum absolute atomic E-state index is 12.6. The number of aliphatic hydroxyl groups excluding tert-OH is 2. The maximum Gasteiger partial charge on any atom is 0.305 e. The molecule has 0 aromatic heterocycles. The summed E-state index contributed by atoms with van der Waals surface area (Å²) in [7, 11) is 0. The van der Waals surface area contributed by atoms with E-state index in [1.807, 2.05) is 6.08 Å². The van der Waals surface area contributed by atoms with Gasteiger partial charge in [0.15, 0.2) is 0 Å². The molecule has 1 amide bonds. The van der Waals surface area contributed by atoms with Crippen molar-refractivity contribution in [3.8, 4) is 0 Å². The molecule has 86 heavy (non-hydrogen) atoms. The Morgan fingerprint density at radius 2 is 0.605 bits per heavy atom. The van der Waals surface area contributed by atoms with E-state index in [2.05, 4.69) is 43.5 Å². The van der Waals surface area contributed by atoms with Crippen LogP contribution in [0.2, 0.25) is 0 Å². The highest BCUT2D eigenvalue weighted by Crippen LogP contribution is 2.20. The number of hydrogen-bond donors (Lipinski definition) is 3. The summed E-state index contributed by atoms with van der Waals surface area (Å²) in [5.41, 5.74) is 0. The zero-order chi connectivity index (χ0) is 62.0. The van der Waals surface area contributed by atoms with Gasteiger partial charge in [0, 0.05) is 12.8 Å². The third-order valence-electron chi connectivity index (χ3n) is 18.4. The Labute approximate surface area is 538 Å². The van der Waals surface area contributed by atoms with Crippen LogP contribution >= 0.6 is 0 Å². The molecule has 6 nitrogen and oxygen atoms in total. The van der Waals surface area contributed by atoms with Crippen LogP contribution in [-0.4, -0.2) is 47.4 Å². The van der Waals surface area contributed by atoms with Crippen LogP contribution in [-0.2, 0) is 14.3 Å². The molecule has 2 unspecified atom stereocenters. The number of ether oxygens (including phenoxy) is 1. The first kappa shape index (κ1) is 84.1. The standard InChI is InChI=1S/C80H153NO5/c1-3-5-7-9-11-13-15-17-18-19-20-21-22-30-33-36-39-42-45-49-52-56-60-64-68-72-78(83)77(76-82)81-79(84)73-69-65-61-57-53-50-46-43-40-37-34-31-28-26-24-23-25-27-29-32-35-38-41-44-47-51-55-59-63-67-71-75-86-80(85)74-70-66-62-58-54-48-16-14-12-10-8-6-4-2/h8,10,14,16,68,72,77-78,82-83H,3-7,9,11-13,15,17-67,69-71,73-76H2,1-2H3,(H,81,84)/b10-8-,16-14-,72-68+. The van der Waals surface area contributed by atoms with Gasteiger partial charge in [0.1, 0.15) is 0 Å². The molecule has 3 N–H and O–H groups in total. The lowest BCUT2D eigenvalue weighted by Gasteiger charge is -2.20. The molecule has 0 aromatic carbocycles. The lowest BCUT2D eigenvalue weighted by atomic mass is 10.0. The fourth-order valence-corrected chi connectivity index (χ4v) is 12.4. The molecule has 0 rings (SSSR count). The minimum atomic E-state index is -0.843. The van der Waals surface area contributed by atoms with Gasteiger partial charge in [-0.05, 0) is 57.8 Å². The highest BCUT2D eigenvalue weighted by Gasteiger charge is 2.18. The first-order chi connectivity index (χ1) is 42.5. The Hall–Kier alpha value is -1.92. The number of allylic oxidation sites excluding steroid dienone is 5. The van der Waals surface area contributed by atoms with Gasteiger partial charge in [-0.25, -0.2) is 0 Å². The number of carbonyl (C=O) groups excluding carboxylic acids is 2. The van der Waals surface area contributed by atoms with Gasteiger partial charge in [-0.2, -0.15) is 0 Å². The van der Waals surface area contributed by atoms with Crippen LogP contribution in [0.5, 0.6) is 0 Å². The average Bonchev–Trinajstić information content (AvgIpc) is 3.55. The topological polar surface area (TPSA) is 95.9 Å². The second kappa shape index (κ2) is 75.5. The molecule has 0 saturated carbocycles. The smallest absolute Gasteiger partial charge is 0.305 e. The molecular weight excluding hydrogens is 1050 g/mol. The fourth-order valence-electron chi connectivity index (χ4n) is 12.4. The van der Waals surface area contributed by atoms with E-state index in [1.165, 1.54) is 360 Å². The zero-order valence-electron chi connectivity index (χ0n) is 58.3. The summed E-state index contributed by atoms with van der Waals surface area (Å²) in [6.07, 6.45) is 98.4. The molecule has 0 aromatic rings. The lowest BCUT2D eigenvalue weighted by Crippen LogP contribution is -2.45. The Kier molecular flexibility index (Phi) is 73.9. The maximum atomic E-state index is 12.6. The number of rotatable bonds is 74. The van der Waals surface area contributed by atoms with Gasteiger partial charge in [-0.3, -0.25) is 9.59 Å². The van der Waals surface area contributed by atoms with Crippen LogP contribution in [0, 0.1) is 0 Å². The summed E-state index contributed by atoms with van der Waals surface area (Å²) in [5, 5.41) is 23.3. The van der Waals surface area contributed by atoms with Crippen molar-refractivity contribution in [1.29, 1.82) is 0 Å². The predicted molar refractivity (Wildman–Crippen MR) is 379 cm³/mol. The number of esters is 1. The third-order valence-corrected chi connectivity index (χ3v) is 18.4. The van der Waals surface area contributed by atoms with E-state index in [1.54, 1.807) is 6.08 Å². The summed E-state index contributed by atoms with van der Waals surface area (Å²) < 4.78 is 5.48. The van der Waals surface area contributed by atoms with Gasteiger partial charge in [0.25, 0.3) is 0 Å². The number of aliphatic hydroxyl groups is 2. The van der Waals surface area contributed by atoms with Crippen LogP contribution < -0.4 is 5.32 Å². The van der Waals surface area contributed by atoms with Crippen molar-refractivity contribution >= 4 is 11.9 Å². The van der Waals surface area contributed by atoms with Gasteiger partial charge < -0.3 is 20.3 Å². The minimum absolute atomic E-state index is 0.00559. The Bertz CT molecular complexity index is 1390. The van der Waals surface area contributed by atoms with Crippen molar-refractivity contribution in [1.82, 2.24) is 5.32 Å². The van der Waals surface area contributed by atoms with E-state index in [-0.39, 0.29) is 18.5 Å². The van der Waals surface area contributed by atoms with Gasteiger partial charge in [-0.15, -0.1) is 0 Å². The van der Waals surface area contributed by atoms with Crippen molar-refractivity contribution in [3.05, 3.63) is 36.5 Å². The largest absolute Gasteiger partial charge is 0.466 e. The normalized spacial score (nSPS) is 12.7. The van der Waals surface area contributed by atoms with Crippen LogP contribution in [0.4, 0.5) is 0 Å². The van der Waals surface area contributed by atoms with Crippen molar-refractivity contribution < 1.29 is 24.5 Å². The molecule has 0 fully saturated rings. The first-order valence-corrected chi connectivity index (χ1v) is 39.3. The lowest BCUT2D eigenvalue weighted by molar-refractivity contribution is -0.143. The Morgan fingerprint density at radius 3 is 0.930 bits per heavy atom. The molecule has 6 heteroatoms. The van der Waals surface area contributed by atoms with Crippen LogP contribution in [0.1, 0.15) is 438 Å². The molecule has 0 bridgehead atoms. The number of nitrogens with one attached hydrogen (secondary N) is 1. The Morgan fingerprint density at radius 1 is 0.326 bits per heavy atom. The third kappa shape index (κ3) is 71.2. The molecule has 0 aliphatic rings.